The predicted molar refractivity (Wildman–Crippen MR) is 95.3 cm³/mol. The number of anilines is 1. The summed E-state index contributed by atoms with van der Waals surface area (Å²) in [4.78, 5) is 19.9. The molecule has 0 saturated carbocycles. The second kappa shape index (κ2) is 7.47. The van der Waals surface area contributed by atoms with Crippen LogP contribution < -0.4 is 5.73 Å². The van der Waals surface area contributed by atoms with Gasteiger partial charge in [-0.05, 0) is 31.2 Å². The molecule has 0 amide bonds. The first kappa shape index (κ1) is 21.3. The number of nitrogens with two attached hydrogens (primary N) is 1. The lowest BCUT2D eigenvalue weighted by Gasteiger charge is -2.16. The molecule has 158 valence electrons. The average molecular weight is 429 g/mol. The number of benzene rings is 1. The molecular formula is C19H13F6N3O2. The van der Waals surface area contributed by atoms with E-state index in [0.29, 0.717) is 12.1 Å². The summed E-state index contributed by atoms with van der Waals surface area (Å²) in [6, 6.07) is 3.70. The second-order valence-electron chi connectivity index (χ2n) is 6.13. The standard InChI is InChI=1S/C19H13F6N3O2/c1-2-30-17(29)12-8-27-16(26)15-10(12)5-6-14(28-15)11-4-3-9(18(20,21)22)7-13(11)19(23,24)25/h3-8H,2H2,1H3,(H2,26,27). The largest absolute Gasteiger partial charge is 0.462 e. The van der Waals surface area contributed by atoms with Crippen molar-refractivity contribution in [3.63, 3.8) is 0 Å². The van der Waals surface area contributed by atoms with Gasteiger partial charge in [-0.2, -0.15) is 26.3 Å². The highest BCUT2D eigenvalue weighted by Crippen LogP contribution is 2.41. The molecule has 0 saturated heterocycles. The molecule has 0 radical (unpaired) electrons. The van der Waals surface area contributed by atoms with Gasteiger partial charge in [0.05, 0.1) is 29.0 Å². The molecule has 0 aliphatic rings. The van der Waals surface area contributed by atoms with Crippen molar-refractivity contribution in [2.24, 2.45) is 0 Å². The van der Waals surface area contributed by atoms with E-state index >= 15 is 0 Å². The molecule has 3 rings (SSSR count). The third-order valence-corrected chi connectivity index (χ3v) is 4.18. The minimum atomic E-state index is -5.07. The summed E-state index contributed by atoms with van der Waals surface area (Å²) >= 11 is 0. The number of fused-ring (bicyclic) bond motifs is 1. The molecule has 0 unspecified atom stereocenters. The highest BCUT2D eigenvalue weighted by molar-refractivity contribution is 6.06. The number of hydrogen-bond donors (Lipinski definition) is 1. The van der Waals surface area contributed by atoms with E-state index < -0.39 is 35.0 Å². The van der Waals surface area contributed by atoms with E-state index in [1.807, 2.05) is 0 Å². The van der Waals surface area contributed by atoms with Crippen LogP contribution in [0, 0.1) is 0 Å². The van der Waals surface area contributed by atoms with Crippen molar-refractivity contribution in [1.82, 2.24) is 9.97 Å². The summed E-state index contributed by atoms with van der Waals surface area (Å²) in [5, 5.41) is 0.185. The van der Waals surface area contributed by atoms with Crippen LogP contribution in [0.3, 0.4) is 0 Å². The Balaban J connectivity index is 2.23. The summed E-state index contributed by atoms with van der Waals surface area (Å²) in [5.74, 6) is -0.893. The smallest absolute Gasteiger partial charge is 0.417 e. The van der Waals surface area contributed by atoms with Crippen molar-refractivity contribution in [1.29, 1.82) is 0 Å². The summed E-state index contributed by atoms with van der Waals surface area (Å²) in [6.45, 7) is 1.67. The van der Waals surface area contributed by atoms with Gasteiger partial charge in [-0.15, -0.1) is 0 Å². The molecule has 2 aromatic heterocycles. The number of esters is 1. The van der Waals surface area contributed by atoms with Gasteiger partial charge in [0.2, 0.25) is 0 Å². The lowest BCUT2D eigenvalue weighted by Crippen LogP contribution is -2.12. The van der Waals surface area contributed by atoms with E-state index in [-0.39, 0.29) is 40.7 Å². The van der Waals surface area contributed by atoms with Gasteiger partial charge in [-0.3, -0.25) is 0 Å². The minimum Gasteiger partial charge on any atom is -0.462 e. The number of ether oxygens (including phenoxy) is 1. The lowest BCUT2D eigenvalue weighted by molar-refractivity contribution is -0.142. The molecule has 0 spiro atoms. The van der Waals surface area contributed by atoms with Gasteiger partial charge < -0.3 is 10.5 Å². The zero-order chi connectivity index (χ0) is 22.3. The minimum absolute atomic E-state index is 0.00330. The molecule has 5 nitrogen and oxygen atoms in total. The number of hydrogen-bond acceptors (Lipinski definition) is 5. The highest BCUT2D eigenvalue weighted by Gasteiger charge is 2.38. The van der Waals surface area contributed by atoms with Gasteiger partial charge in [0.1, 0.15) is 11.3 Å². The molecule has 0 aliphatic heterocycles. The van der Waals surface area contributed by atoms with Crippen LogP contribution in [-0.2, 0) is 17.1 Å². The van der Waals surface area contributed by atoms with Crippen molar-refractivity contribution in [2.45, 2.75) is 19.3 Å². The van der Waals surface area contributed by atoms with Crippen LogP contribution >= 0.6 is 0 Å². The van der Waals surface area contributed by atoms with E-state index in [1.54, 1.807) is 6.92 Å². The molecule has 0 bridgehead atoms. The van der Waals surface area contributed by atoms with Crippen LogP contribution in [0.2, 0.25) is 0 Å². The predicted octanol–water partition coefficient (Wildman–Crippen LogP) is 5.09. The van der Waals surface area contributed by atoms with Crippen LogP contribution in [0.4, 0.5) is 32.2 Å². The number of aromatic nitrogens is 2. The number of halogens is 6. The number of rotatable bonds is 3. The molecule has 1 aromatic carbocycles. The summed E-state index contributed by atoms with van der Waals surface area (Å²) in [5.41, 5.74) is 1.89. The molecule has 2 N–H and O–H groups in total. The van der Waals surface area contributed by atoms with E-state index in [0.717, 1.165) is 12.3 Å². The Morgan fingerprint density at radius 3 is 2.37 bits per heavy atom. The Morgan fingerprint density at radius 1 is 1.07 bits per heavy atom. The first-order valence-corrected chi connectivity index (χ1v) is 8.44. The Morgan fingerprint density at radius 2 is 1.77 bits per heavy atom. The van der Waals surface area contributed by atoms with Crippen LogP contribution in [-0.4, -0.2) is 22.5 Å². The van der Waals surface area contributed by atoms with Gasteiger partial charge in [0.25, 0.3) is 0 Å². The van der Waals surface area contributed by atoms with Crippen molar-refractivity contribution >= 4 is 22.7 Å². The fourth-order valence-electron chi connectivity index (χ4n) is 2.84. The van der Waals surface area contributed by atoms with Crippen LogP contribution in [0.25, 0.3) is 22.2 Å². The van der Waals surface area contributed by atoms with Crippen LogP contribution in [0.15, 0.2) is 36.5 Å². The van der Waals surface area contributed by atoms with Gasteiger partial charge in [0, 0.05) is 17.1 Å². The second-order valence-corrected chi connectivity index (χ2v) is 6.13. The molecule has 2 heterocycles. The number of carbonyl (C=O) groups is 1. The molecule has 0 fully saturated rings. The zero-order valence-electron chi connectivity index (χ0n) is 15.2. The van der Waals surface area contributed by atoms with Crippen LogP contribution in [0.5, 0.6) is 0 Å². The third kappa shape index (κ3) is 4.00. The number of pyridine rings is 2. The van der Waals surface area contributed by atoms with E-state index in [2.05, 4.69) is 9.97 Å². The molecule has 30 heavy (non-hydrogen) atoms. The maximum Gasteiger partial charge on any atom is 0.417 e. The Labute approximate surface area is 165 Å². The van der Waals surface area contributed by atoms with E-state index in [4.69, 9.17) is 10.5 Å². The Kier molecular flexibility index (Phi) is 5.31. The Hall–Kier alpha value is -3.37. The maximum absolute atomic E-state index is 13.5. The Bertz CT molecular complexity index is 1130. The first-order chi connectivity index (χ1) is 13.9. The SMILES string of the molecule is CCOC(=O)c1cnc(N)c2nc(-c3ccc(C(F)(F)F)cc3C(F)(F)F)ccc12. The first-order valence-electron chi connectivity index (χ1n) is 8.44. The maximum atomic E-state index is 13.5. The number of nitrogens with zero attached hydrogens (tertiary/aromatic N) is 2. The average Bonchev–Trinajstić information content (AvgIpc) is 2.66. The van der Waals surface area contributed by atoms with E-state index in [1.165, 1.54) is 6.07 Å². The van der Waals surface area contributed by atoms with Gasteiger partial charge in [-0.1, -0.05) is 6.07 Å². The molecule has 0 atom stereocenters. The van der Waals surface area contributed by atoms with Gasteiger partial charge in [-0.25, -0.2) is 14.8 Å². The van der Waals surface area contributed by atoms with Gasteiger partial charge >= 0.3 is 18.3 Å². The number of carbonyl (C=O) groups excluding carboxylic acids is 1. The van der Waals surface area contributed by atoms with Crippen molar-refractivity contribution < 1.29 is 35.9 Å². The quantitative estimate of drug-likeness (QED) is 0.463. The highest BCUT2D eigenvalue weighted by atomic mass is 19.4. The van der Waals surface area contributed by atoms with Gasteiger partial charge in [0.15, 0.2) is 0 Å². The molecule has 3 aromatic rings. The topological polar surface area (TPSA) is 78.1 Å². The fraction of sp³-hybridized carbons (Fsp3) is 0.211. The summed E-state index contributed by atoms with van der Waals surface area (Å²) < 4.78 is 83.9. The molecule has 11 heteroatoms. The van der Waals surface area contributed by atoms with Crippen molar-refractivity contribution in [3.05, 3.63) is 53.2 Å². The summed E-state index contributed by atoms with van der Waals surface area (Å²) in [6.07, 6.45) is -8.86. The monoisotopic (exact) mass is 429 g/mol. The number of nitrogen functional groups attached to an aromatic ring is 1. The fourth-order valence-corrected chi connectivity index (χ4v) is 2.84. The zero-order valence-corrected chi connectivity index (χ0v) is 15.2. The normalized spacial score (nSPS) is 12.2. The van der Waals surface area contributed by atoms with Crippen molar-refractivity contribution in [3.8, 4) is 11.3 Å². The number of alkyl halides is 6. The summed E-state index contributed by atoms with van der Waals surface area (Å²) in [7, 11) is 0. The third-order valence-electron chi connectivity index (χ3n) is 4.18. The lowest BCUT2D eigenvalue weighted by atomic mass is 9.99. The van der Waals surface area contributed by atoms with Crippen molar-refractivity contribution in [2.75, 3.05) is 12.3 Å². The van der Waals surface area contributed by atoms with E-state index in [9.17, 15) is 31.1 Å². The van der Waals surface area contributed by atoms with Crippen LogP contribution in [0.1, 0.15) is 28.4 Å². The molecular weight excluding hydrogens is 416 g/mol. The molecule has 0 aliphatic carbocycles.